The van der Waals surface area contributed by atoms with Crippen LogP contribution in [-0.2, 0) is 13.6 Å². The zero-order valence-electron chi connectivity index (χ0n) is 14.7. The number of aromatic nitrogens is 4. The molecule has 1 atom stereocenters. The molecule has 25 heavy (non-hydrogen) atoms. The van der Waals surface area contributed by atoms with E-state index in [0.29, 0.717) is 5.92 Å². The smallest absolute Gasteiger partial charge is 0.147 e. The summed E-state index contributed by atoms with van der Waals surface area (Å²) in [6.07, 6.45) is 6.66. The molecule has 6 nitrogen and oxygen atoms in total. The molecule has 2 aromatic rings. The fourth-order valence-corrected chi connectivity index (χ4v) is 4.24. The van der Waals surface area contributed by atoms with Gasteiger partial charge in [-0.05, 0) is 50.9 Å². The van der Waals surface area contributed by atoms with Crippen LogP contribution in [0.15, 0.2) is 18.3 Å². The number of hydrogen-bond acceptors (Lipinski definition) is 5. The Morgan fingerprint density at radius 2 is 2.00 bits per heavy atom. The second-order valence-corrected chi connectivity index (χ2v) is 7.52. The van der Waals surface area contributed by atoms with E-state index >= 15 is 0 Å². The highest BCUT2D eigenvalue weighted by atomic mass is 35.5. The summed E-state index contributed by atoms with van der Waals surface area (Å²) in [5, 5.41) is 9.74. The predicted octanol–water partition coefficient (Wildman–Crippen LogP) is 2.84. The van der Waals surface area contributed by atoms with Gasteiger partial charge in [0.05, 0.1) is 11.6 Å². The Morgan fingerprint density at radius 1 is 1.16 bits per heavy atom. The second-order valence-electron chi connectivity index (χ2n) is 7.11. The molecular formula is C18H25ClN6. The van der Waals surface area contributed by atoms with Gasteiger partial charge in [-0.1, -0.05) is 11.6 Å². The van der Waals surface area contributed by atoms with Crippen LogP contribution in [0.2, 0.25) is 5.02 Å². The maximum atomic E-state index is 6.34. The first-order chi connectivity index (χ1) is 12.2. The van der Waals surface area contributed by atoms with Gasteiger partial charge >= 0.3 is 0 Å². The molecule has 0 aromatic carbocycles. The maximum absolute atomic E-state index is 6.34. The minimum Gasteiger partial charge on any atom is -0.355 e. The van der Waals surface area contributed by atoms with E-state index in [2.05, 4.69) is 36.6 Å². The number of hydrogen-bond donors (Lipinski definition) is 0. The van der Waals surface area contributed by atoms with Gasteiger partial charge in [-0.2, -0.15) is 0 Å². The number of rotatable bonds is 4. The first-order valence-electron chi connectivity index (χ1n) is 9.18. The topological polar surface area (TPSA) is 50.1 Å². The van der Waals surface area contributed by atoms with Crippen LogP contribution in [0.3, 0.4) is 0 Å². The van der Waals surface area contributed by atoms with Gasteiger partial charge in [0.1, 0.15) is 17.5 Å². The van der Waals surface area contributed by atoms with Crippen molar-refractivity contribution in [3.63, 3.8) is 0 Å². The fraction of sp³-hybridized carbons (Fsp3) is 0.611. The molecule has 0 spiro atoms. The van der Waals surface area contributed by atoms with Crippen molar-refractivity contribution in [1.29, 1.82) is 0 Å². The first-order valence-corrected chi connectivity index (χ1v) is 9.56. The summed E-state index contributed by atoms with van der Waals surface area (Å²) in [6.45, 7) is 5.15. The summed E-state index contributed by atoms with van der Waals surface area (Å²) in [7, 11) is 2.10. The van der Waals surface area contributed by atoms with E-state index < -0.39 is 0 Å². The molecule has 2 saturated heterocycles. The van der Waals surface area contributed by atoms with E-state index in [4.69, 9.17) is 11.6 Å². The molecule has 0 bridgehead atoms. The normalized spacial score (nSPS) is 21.8. The lowest BCUT2D eigenvalue weighted by molar-refractivity contribution is 0.317. The van der Waals surface area contributed by atoms with E-state index in [9.17, 15) is 0 Å². The molecule has 2 fully saturated rings. The largest absolute Gasteiger partial charge is 0.355 e. The minimum atomic E-state index is 0.372. The van der Waals surface area contributed by atoms with Crippen LogP contribution < -0.4 is 4.90 Å². The Balaban J connectivity index is 1.50. The highest BCUT2D eigenvalue weighted by Crippen LogP contribution is 2.31. The molecule has 0 N–H and O–H groups in total. The zero-order chi connectivity index (χ0) is 17.2. The molecule has 2 aliphatic rings. The van der Waals surface area contributed by atoms with Crippen LogP contribution in [0.25, 0.3) is 0 Å². The lowest BCUT2D eigenvalue weighted by atomic mass is 9.97. The van der Waals surface area contributed by atoms with E-state index in [0.717, 1.165) is 55.0 Å². The molecule has 0 saturated carbocycles. The summed E-state index contributed by atoms with van der Waals surface area (Å²) >= 11 is 6.34. The third-order valence-corrected chi connectivity index (χ3v) is 5.68. The molecule has 0 aliphatic carbocycles. The number of halogens is 1. The lowest BCUT2D eigenvalue weighted by Gasteiger charge is -2.33. The molecule has 4 rings (SSSR count). The minimum absolute atomic E-state index is 0.372. The van der Waals surface area contributed by atoms with Crippen LogP contribution in [0.1, 0.15) is 43.3 Å². The molecule has 2 aliphatic heterocycles. The van der Waals surface area contributed by atoms with E-state index in [-0.39, 0.29) is 0 Å². The third kappa shape index (κ3) is 3.51. The highest BCUT2D eigenvalue weighted by molar-refractivity contribution is 6.32. The number of pyridine rings is 1. The van der Waals surface area contributed by atoms with Crippen LogP contribution in [-0.4, -0.2) is 50.8 Å². The Kier molecular flexibility index (Phi) is 4.90. The Labute approximate surface area is 153 Å². The van der Waals surface area contributed by atoms with Crippen LogP contribution >= 0.6 is 11.6 Å². The van der Waals surface area contributed by atoms with Gasteiger partial charge < -0.3 is 9.47 Å². The summed E-state index contributed by atoms with van der Waals surface area (Å²) in [5.74, 6) is 3.42. The molecule has 0 unspecified atom stereocenters. The number of nitrogens with zero attached hydrogens (tertiary/aromatic N) is 6. The van der Waals surface area contributed by atoms with Crippen molar-refractivity contribution < 1.29 is 0 Å². The molecular weight excluding hydrogens is 336 g/mol. The van der Waals surface area contributed by atoms with E-state index in [1.54, 1.807) is 6.20 Å². The van der Waals surface area contributed by atoms with Gasteiger partial charge in [0.15, 0.2) is 0 Å². The zero-order valence-corrected chi connectivity index (χ0v) is 15.5. The van der Waals surface area contributed by atoms with Gasteiger partial charge in [0, 0.05) is 32.3 Å². The van der Waals surface area contributed by atoms with Crippen LogP contribution in [0.5, 0.6) is 0 Å². The third-order valence-electron chi connectivity index (χ3n) is 5.39. The SMILES string of the molecule is Cn1c(CN2CCCC2)nnc1[C@@H]1CCCN(c2ncccc2Cl)C1. The summed E-state index contributed by atoms with van der Waals surface area (Å²) in [6, 6.07) is 3.78. The number of likely N-dealkylation sites (tertiary alicyclic amines) is 1. The van der Waals surface area contributed by atoms with Gasteiger partial charge in [-0.25, -0.2) is 4.98 Å². The van der Waals surface area contributed by atoms with Gasteiger partial charge in [-0.3, -0.25) is 4.90 Å². The van der Waals surface area contributed by atoms with Crippen molar-refractivity contribution in [2.45, 2.75) is 38.1 Å². The van der Waals surface area contributed by atoms with Crippen LogP contribution in [0, 0.1) is 0 Å². The van der Waals surface area contributed by atoms with Gasteiger partial charge in [-0.15, -0.1) is 10.2 Å². The molecule has 4 heterocycles. The summed E-state index contributed by atoms with van der Waals surface area (Å²) < 4.78 is 2.20. The maximum Gasteiger partial charge on any atom is 0.147 e. The van der Waals surface area contributed by atoms with E-state index in [1.165, 1.54) is 25.9 Å². The lowest BCUT2D eigenvalue weighted by Crippen LogP contribution is -2.36. The standard InChI is InChI=1S/C18H25ClN6/c1-23-16(13-24-9-2-3-10-24)21-22-17(23)14-6-5-11-25(12-14)18-15(19)7-4-8-20-18/h4,7-8,14H,2-3,5-6,9-13H2,1H3/t14-/m1/s1. The monoisotopic (exact) mass is 360 g/mol. The average molecular weight is 361 g/mol. The number of anilines is 1. The van der Waals surface area contributed by atoms with Gasteiger partial charge in [0.2, 0.25) is 0 Å². The molecule has 7 heteroatoms. The quantitative estimate of drug-likeness (QED) is 0.839. The van der Waals surface area contributed by atoms with Crippen molar-refractivity contribution in [3.8, 4) is 0 Å². The molecule has 0 radical (unpaired) electrons. The van der Waals surface area contributed by atoms with Crippen molar-refractivity contribution in [1.82, 2.24) is 24.6 Å². The predicted molar refractivity (Wildman–Crippen MR) is 98.9 cm³/mol. The average Bonchev–Trinajstić information content (AvgIpc) is 3.27. The molecule has 0 amide bonds. The molecule has 134 valence electrons. The Morgan fingerprint density at radius 3 is 2.80 bits per heavy atom. The Bertz CT molecular complexity index is 724. The fourth-order valence-electron chi connectivity index (χ4n) is 4.00. The van der Waals surface area contributed by atoms with Crippen LogP contribution in [0.4, 0.5) is 5.82 Å². The van der Waals surface area contributed by atoms with Crippen molar-refractivity contribution in [2.75, 3.05) is 31.1 Å². The summed E-state index contributed by atoms with van der Waals surface area (Å²) in [5.41, 5.74) is 0. The number of piperidine rings is 1. The van der Waals surface area contributed by atoms with Crippen molar-refractivity contribution in [3.05, 3.63) is 35.0 Å². The summed E-state index contributed by atoms with van der Waals surface area (Å²) in [4.78, 5) is 9.22. The van der Waals surface area contributed by atoms with Crippen molar-refractivity contribution in [2.24, 2.45) is 7.05 Å². The molecule has 2 aromatic heterocycles. The Hall–Kier alpha value is -1.66. The van der Waals surface area contributed by atoms with Crippen molar-refractivity contribution >= 4 is 17.4 Å². The highest BCUT2D eigenvalue weighted by Gasteiger charge is 2.28. The van der Waals surface area contributed by atoms with E-state index in [1.807, 2.05) is 12.1 Å². The first kappa shape index (κ1) is 16.8. The second kappa shape index (κ2) is 7.30. The van der Waals surface area contributed by atoms with Gasteiger partial charge in [0.25, 0.3) is 0 Å².